The number of urea groups is 1. The lowest BCUT2D eigenvalue weighted by Crippen LogP contribution is -2.47. The van der Waals surface area contributed by atoms with Gasteiger partial charge in [-0.3, -0.25) is 19.4 Å². The Balaban J connectivity index is 1.68. The number of carbonyl (C=O) groups is 3. The minimum atomic E-state index is -0.578. The quantitative estimate of drug-likeness (QED) is 0.639. The Morgan fingerprint density at radius 2 is 1.97 bits per heavy atom. The van der Waals surface area contributed by atoms with Crippen molar-refractivity contribution in [2.45, 2.75) is 32.6 Å². The lowest BCUT2D eigenvalue weighted by atomic mass is 10.1. The van der Waals surface area contributed by atoms with Crippen LogP contribution in [0.5, 0.6) is 0 Å². The van der Waals surface area contributed by atoms with Crippen molar-refractivity contribution in [3.05, 3.63) is 71.6 Å². The molecule has 4 amide bonds. The second kappa shape index (κ2) is 10.9. The predicted molar refractivity (Wildman–Crippen MR) is 120 cm³/mol. The average molecular weight is 431 g/mol. The van der Waals surface area contributed by atoms with Gasteiger partial charge in [-0.15, -0.1) is 0 Å². The minimum absolute atomic E-state index is 0.0897. The summed E-state index contributed by atoms with van der Waals surface area (Å²) in [7, 11) is 0. The van der Waals surface area contributed by atoms with Crippen LogP contribution < -0.4 is 10.2 Å². The zero-order chi connectivity index (χ0) is 22.9. The lowest BCUT2D eigenvalue weighted by Gasteiger charge is -2.29. The predicted octanol–water partition coefficient (Wildman–Crippen LogP) is 3.86. The number of aromatic nitrogens is 1. The number of nitriles is 1. The number of pyridine rings is 1. The summed E-state index contributed by atoms with van der Waals surface area (Å²) >= 11 is 0. The highest BCUT2D eigenvalue weighted by molar-refractivity contribution is 6.10. The summed E-state index contributed by atoms with van der Waals surface area (Å²) in [6.07, 6.45) is 8.89. The van der Waals surface area contributed by atoms with E-state index in [-0.39, 0.29) is 29.4 Å². The second-order valence-corrected chi connectivity index (χ2v) is 7.33. The van der Waals surface area contributed by atoms with Gasteiger partial charge in [0.15, 0.2) is 0 Å². The maximum Gasteiger partial charge on any atom is 0.337 e. The number of carbonyl (C=O) groups excluding carboxylic acids is 3. The highest BCUT2D eigenvalue weighted by Crippen LogP contribution is 2.20. The van der Waals surface area contributed by atoms with Crippen molar-refractivity contribution in [2.75, 3.05) is 18.0 Å². The Kier molecular flexibility index (Phi) is 7.70. The molecule has 2 aromatic rings. The largest absolute Gasteiger partial charge is 0.352 e. The number of anilines is 1. The molecule has 1 N–H and O–H groups in total. The Morgan fingerprint density at radius 3 is 2.69 bits per heavy atom. The van der Waals surface area contributed by atoms with E-state index in [0.29, 0.717) is 12.1 Å². The first-order chi connectivity index (χ1) is 15.6. The molecule has 0 spiro atoms. The van der Waals surface area contributed by atoms with Crippen LogP contribution >= 0.6 is 0 Å². The summed E-state index contributed by atoms with van der Waals surface area (Å²) in [4.78, 5) is 44.6. The van der Waals surface area contributed by atoms with Gasteiger partial charge < -0.3 is 5.32 Å². The van der Waals surface area contributed by atoms with Gasteiger partial charge in [-0.2, -0.15) is 5.26 Å². The molecule has 164 valence electrons. The third kappa shape index (κ3) is 5.19. The fourth-order valence-electron chi connectivity index (χ4n) is 3.31. The van der Waals surface area contributed by atoms with E-state index < -0.39 is 11.9 Å². The SMILES string of the molecule is CCCCCCNC(=O)c1ccc(N2C=CCN(C(=O)c3ccccc3C#N)C2=O)nc1. The third-order valence-corrected chi connectivity index (χ3v) is 5.08. The fourth-order valence-corrected chi connectivity index (χ4v) is 3.31. The number of hydrogen-bond donors (Lipinski definition) is 1. The molecule has 1 aromatic heterocycles. The van der Waals surface area contributed by atoms with Gasteiger partial charge >= 0.3 is 6.03 Å². The van der Waals surface area contributed by atoms with E-state index in [2.05, 4.69) is 17.2 Å². The molecular weight excluding hydrogens is 406 g/mol. The molecule has 0 bridgehead atoms. The molecule has 8 nitrogen and oxygen atoms in total. The Bertz CT molecular complexity index is 1060. The van der Waals surface area contributed by atoms with Gasteiger partial charge in [0.2, 0.25) is 0 Å². The molecule has 2 heterocycles. The van der Waals surface area contributed by atoms with Crippen molar-refractivity contribution >= 4 is 23.7 Å². The molecule has 0 saturated carbocycles. The van der Waals surface area contributed by atoms with Crippen LogP contribution in [0.25, 0.3) is 0 Å². The maximum absolute atomic E-state index is 13.0. The van der Waals surface area contributed by atoms with Crippen molar-refractivity contribution in [1.82, 2.24) is 15.2 Å². The second-order valence-electron chi connectivity index (χ2n) is 7.33. The molecule has 0 atom stereocenters. The first kappa shape index (κ1) is 22.7. The molecule has 0 saturated heterocycles. The highest BCUT2D eigenvalue weighted by atomic mass is 16.2. The first-order valence-corrected chi connectivity index (χ1v) is 10.6. The average Bonchev–Trinajstić information content (AvgIpc) is 2.83. The zero-order valence-corrected chi connectivity index (χ0v) is 18.0. The molecule has 1 aliphatic rings. The van der Waals surface area contributed by atoms with E-state index in [4.69, 9.17) is 0 Å². The van der Waals surface area contributed by atoms with E-state index in [1.54, 1.807) is 30.3 Å². The van der Waals surface area contributed by atoms with Gasteiger partial charge in [0.25, 0.3) is 11.8 Å². The van der Waals surface area contributed by atoms with Crippen LogP contribution in [0.15, 0.2) is 54.9 Å². The van der Waals surface area contributed by atoms with E-state index in [9.17, 15) is 19.6 Å². The van der Waals surface area contributed by atoms with Crippen LogP contribution in [0.3, 0.4) is 0 Å². The van der Waals surface area contributed by atoms with Crippen molar-refractivity contribution < 1.29 is 14.4 Å². The number of nitrogens with one attached hydrogen (secondary N) is 1. The van der Waals surface area contributed by atoms with Crippen LogP contribution in [-0.2, 0) is 0 Å². The third-order valence-electron chi connectivity index (χ3n) is 5.08. The smallest absolute Gasteiger partial charge is 0.337 e. The van der Waals surface area contributed by atoms with Crippen LogP contribution in [0.1, 0.15) is 58.9 Å². The highest BCUT2D eigenvalue weighted by Gasteiger charge is 2.31. The summed E-state index contributed by atoms with van der Waals surface area (Å²) in [5.74, 6) is -0.483. The Morgan fingerprint density at radius 1 is 1.16 bits per heavy atom. The van der Waals surface area contributed by atoms with Gasteiger partial charge in [0, 0.05) is 18.9 Å². The molecule has 1 aromatic carbocycles. The molecule has 8 heteroatoms. The molecular formula is C24H25N5O3. The number of hydrogen-bond acceptors (Lipinski definition) is 5. The summed E-state index contributed by atoms with van der Waals surface area (Å²) in [5, 5.41) is 12.1. The van der Waals surface area contributed by atoms with Crippen molar-refractivity contribution in [3.8, 4) is 6.07 Å². The van der Waals surface area contributed by atoms with Crippen molar-refractivity contribution in [1.29, 1.82) is 5.26 Å². The Labute approximate surface area is 187 Å². The lowest BCUT2D eigenvalue weighted by molar-refractivity contribution is 0.0817. The molecule has 3 rings (SSSR count). The summed E-state index contributed by atoms with van der Waals surface area (Å²) in [5.41, 5.74) is 0.765. The first-order valence-electron chi connectivity index (χ1n) is 10.6. The summed E-state index contributed by atoms with van der Waals surface area (Å²) < 4.78 is 0. The Hall–Kier alpha value is -3.99. The standard InChI is InChI=1S/C24H25N5O3/c1-2-3-4-7-13-26-22(30)19-11-12-21(27-17-19)28-14-8-15-29(24(28)32)23(31)20-10-6-5-9-18(20)16-25/h5-6,8-12,14,17H,2-4,7,13,15H2,1H3,(H,26,30). The van der Waals surface area contributed by atoms with Crippen LogP contribution in [-0.4, -0.2) is 40.8 Å². The van der Waals surface area contributed by atoms with E-state index in [1.807, 2.05) is 6.07 Å². The molecule has 0 unspecified atom stereocenters. The van der Waals surface area contributed by atoms with Crippen LogP contribution in [0.2, 0.25) is 0 Å². The fraction of sp³-hybridized carbons (Fsp3) is 0.292. The van der Waals surface area contributed by atoms with Crippen molar-refractivity contribution in [2.24, 2.45) is 0 Å². The van der Waals surface area contributed by atoms with Gasteiger partial charge in [0.1, 0.15) is 5.82 Å². The molecule has 1 aliphatic heterocycles. The summed E-state index contributed by atoms with van der Waals surface area (Å²) in [6, 6.07) is 10.9. The maximum atomic E-state index is 13.0. The van der Waals surface area contributed by atoms with Crippen molar-refractivity contribution in [3.63, 3.8) is 0 Å². The molecule has 0 radical (unpaired) electrons. The number of unbranched alkanes of at least 4 members (excludes halogenated alkanes) is 3. The van der Waals surface area contributed by atoms with E-state index in [0.717, 1.165) is 30.6 Å². The topological polar surface area (TPSA) is 106 Å². The van der Waals surface area contributed by atoms with E-state index >= 15 is 0 Å². The number of rotatable bonds is 8. The van der Waals surface area contributed by atoms with Crippen LogP contribution in [0.4, 0.5) is 10.6 Å². The van der Waals surface area contributed by atoms with E-state index in [1.165, 1.54) is 29.4 Å². The number of amides is 4. The molecule has 0 aliphatic carbocycles. The zero-order valence-electron chi connectivity index (χ0n) is 18.0. The minimum Gasteiger partial charge on any atom is -0.352 e. The number of benzene rings is 1. The number of nitrogens with zero attached hydrogens (tertiary/aromatic N) is 4. The molecule has 0 fully saturated rings. The number of imide groups is 1. The van der Waals surface area contributed by atoms with Gasteiger partial charge in [-0.25, -0.2) is 9.78 Å². The monoisotopic (exact) mass is 431 g/mol. The van der Waals surface area contributed by atoms with Gasteiger partial charge in [-0.1, -0.05) is 38.3 Å². The van der Waals surface area contributed by atoms with Gasteiger partial charge in [-0.05, 0) is 36.8 Å². The normalized spacial score (nSPS) is 13.1. The summed E-state index contributed by atoms with van der Waals surface area (Å²) in [6.45, 7) is 2.83. The van der Waals surface area contributed by atoms with Gasteiger partial charge in [0.05, 0.1) is 29.3 Å². The molecule has 32 heavy (non-hydrogen) atoms. The van der Waals surface area contributed by atoms with Crippen LogP contribution in [0, 0.1) is 11.3 Å².